The van der Waals surface area contributed by atoms with Gasteiger partial charge in [-0.25, -0.2) is 4.52 Å². The molecule has 1 N–H and O–H groups in total. The first-order chi connectivity index (χ1) is 13.6. The lowest BCUT2D eigenvalue weighted by Gasteiger charge is -2.09. The molecule has 140 valence electrons. The first-order valence-corrected chi connectivity index (χ1v) is 8.82. The molecule has 0 unspecified atom stereocenters. The standard InChI is InChI=1S/C21H19N5O2/c1-13-18(15-8-5-4-6-9-15)20-24-23-19(14(2)26(20)25-13)21(27)22-16-10-7-11-17(12-16)28-3/h4-12H,1-3H3,(H,22,27). The fraction of sp³-hybridized carbons (Fsp3) is 0.143. The number of fused-ring (bicyclic) bond motifs is 1. The minimum Gasteiger partial charge on any atom is -0.497 e. The topological polar surface area (TPSA) is 81.4 Å². The number of aryl methyl sites for hydroxylation is 2. The van der Waals surface area contributed by atoms with Gasteiger partial charge in [-0.05, 0) is 31.5 Å². The number of anilines is 1. The number of rotatable bonds is 4. The summed E-state index contributed by atoms with van der Waals surface area (Å²) in [5, 5.41) is 15.9. The summed E-state index contributed by atoms with van der Waals surface area (Å²) < 4.78 is 6.86. The Kier molecular flexibility index (Phi) is 4.49. The van der Waals surface area contributed by atoms with Crippen molar-refractivity contribution in [3.8, 4) is 16.9 Å². The Labute approximate surface area is 162 Å². The van der Waals surface area contributed by atoms with Crippen LogP contribution in [0.3, 0.4) is 0 Å². The van der Waals surface area contributed by atoms with Crippen LogP contribution in [-0.4, -0.2) is 32.8 Å². The Morgan fingerprint density at radius 2 is 1.82 bits per heavy atom. The Hall–Kier alpha value is -3.74. The molecule has 2 aromatic heterocycles. The highest BCUT2D eigenvalue weighted by Crippen LogP contribution is 2.27. The maximum Gasteiger partial charge on any atom is 0.278 e. The fourth-order valence-electron chi connectivity index (χ4n) is 3.15. The highest BCUT2D eigenvalue weighted by Gasteiger charge is 2.20. The average molecular weight is 373 g/mol. The van der Waals surface area contributed by atoms with Gasteiger partial charge in [0.25, 0.3) is 5.91 Å². The SMILES string of the molecule is COc1cccc(NC(=O)c2nnc3c(-c4ccccc4)c(C)nn3c2C)c1. The molecule has 4 aromatic rings. The van der Waals surface area contributed by atoms with Crippen molar-refractivity contribution < 1.29 is 9.53 Å². The second-order valence-electron chi connectivity index (χ2n) is 6.38. The van der Waals surface area contributed by atoms with E-state index in [1.165, 1.54) is 0 Å². The quantitative estimate of drug-likeness (QED) is 0.590. The number of benzene rings is 2. The van der Waals surface area contributed by atoms with E-state index in [9.17, 15) is 4.79 Å². The largest absolute Gasteiger partial charge is 0.497 e. The maximum absolute atomic E-state index is 12.7. The lowest BCUT2D eigenvalue weighted by molar-refractivity contribution is 0.102. The first-order valence-electron chi connectivity index (χ1n) is 8.82. The van der Waals surface area contributed by atoms with Crippen molar-refractivity contribution >= 4 is 17.2 Å². The zero-order valence-electron chi connectivity index (χ0n) is 15.8. The van der Waals surface area contributed by atoms with Crippen molar-refractivity contribution in [3.05, 3.63) is 71.7 Å². The van der Waals surface area contributed by atoms with E-state index in [0.717, 1.165) is 16.8 Å². The molecule has 0 saturated carbocycles. The first kappa shape index (κ1) is 17.7. The average Bonchev–Trinajstić information content (AvgIpc) is 3.06. The third-order valence-corrected chi connectivity index (χ3v) is 4.55. The Bertz CT molecular complexity index is 1170. The molecule has 0 atom stereocenters. The third kappa shape index (κ3) is 3.07. The summed E-state index contributed by atoms with van der Waals surface area (Å²) in [5.41, 5.74) is 4.83. The second kappa shape index (κ2) is 7.11. The molecule has 4 rings (SSSR count). The molecule has 2 heterocycles. The molecular formula is C21H19N5O2. The number of aromatic nitrogens is 4. The Morgan fingerprint density at radius 3 is 2.57 bits per heavy atom. The van der Waals surface area contributed by atoms with E-state index >= 15 is 0 Å². The predicted octanol–water partition coefficient (Wildman–Crippen LogP) is 3.67. The van der Waals surface area contributed by atoms with E-state index < -0.39 is 0 Å². The lowest BCUT2D eigenvalue weighted by atomic mass is 10.1. The summed E-state index contributed by atoms with van der Waals surface area (Å²) in [5.74, 6) is 0.306. The summed E-state index contributed by atoms with van der Waals surface area (Å²) in [6.07, 6.45) is 0. The van der Waals surface area contributed by atoms with Gasteiger partial charge in [0.15, 0.2) is 11.3 Å². The van der Waals surface area contributed by atoms with Crippen molar-refractivity contribution in [2.24, 2.45) is 0 Å². The Morgan fingerprint density at radius 1 is 1.04 bits per heavy atom. The summed E-state index contributed by atoms with van der Waals surface area (Å²) in [6.45, 7) is 3.73. The van der Waals surface area contributed by atoms with E-state index in [4.69, 9.17) is 4.74 Å². The minimum absolute atomic E-state index is 0.220. The van der Waals surface area contributed by atoms with Crippen LogP contribution in [-0.2, 0) is 0 Å². The van der Waals surface area contributed by atoms with Crippen LogP contribution in [0, 0.1) is 13.8 Å². The van der Waals surface area contributed by atoms with Gasteiger partial charge in [-0.2, -0.15) is 5.10 Å². The normalized spacial score (nSPS) is 10.8. The molecule has 0 radical (unpaired) electrons. The van der Waals surface area contributed by atoms with Gasteiger partial charge in [-0.3, -0.25) is 4.79 Å². The molecule has 1 amide bonds. The van der Waals surface area contributed by atoms with Crippen molar-refractivity contribution in [2.45, 2.75) is 13.8 Å². The molecule has 0 spiro atoms. The van der Waals surface area contributed by atoms with E-state index in [1.54, 1.807) is 29.8 Å². The number of ether oxygens (including phenoxy) is 1. The number of methoxy groups -OCH3 is 1. The zero-order valence-corrected chi connectivity index (χ0v) is 15.8. The molecule has 0 aliphatic carbocycles. The number of hydrogen-bond donors (Lipinski definition) is 1. The van der Waals surface area contributed by atoms with Crippen molar-refractivity contribution in [2.75, 3.05) is 12.4 Å². The highest BCUT2D eigenvalue weighted by atomic mass is 16.5. The van der Waals surface area contributed by atoms with E-state index in [-0.39, 0.29) is 11.6 Å². The van der Waals surface area contributed by atoms with Gasteiger partial charge in [0.1, 0.15) is 5.75 Å². The summed E-state index contributed by atoms with van der Waals surface area (Å²) in [7, 11) is 1.58. The van der Waals surface area contributed by atoms with Gasteiger partial charge in [0.2, 0.25) is 0 Å². The van der Waals surface area contributed by atoms with Crippen LogP contribution in [0.2, 0.25) is 0 Å². The van der Waals surface area contributed by atoms with Gasteiger partial charge < -0.3 is 10.1 Å². The molecule has 0 bridgehead atoms. The van der Waals surface area contributed by atoms with Crippen molar-refractivity contribution in [3.63, 3.8) is 0 Å². The second-order valence-corrected chi connectivity index (χ2v) is 6.38. The number of carbonyl (C=O) groups is 1. The summed E-state index contributed by atoms with van der Waals surface area (Å²) >= 11 is 0. The third-order valence-electron chi connectivity index (χ3n) is 4.55. The number of carbonyl (C=O) groups excluding carboxylic acids is 1. The summed E-state index contributed by atoms with van der Waals surface area (Å²) in [4.78, 5) is 12.7. The molecule has 7 heteroatoms. The van der Waals surface area contributed by atoms with Crippen LogP contribution >= 0.6 is 0 Å². The zero-order chi connectivity index (χ0) is 19.7. The smallest absolute Gasteiger partial charge is 0.278 e. The van der Waals surface area contributed by atoms with Gasteiger partial charge in [0, 0.05) is 11.8 Å². The van der Waals surface area contributed by atoms with Gasteiger partial charge in [0.05, 0.1) is 24.1 Å². The van der Waals surface area contributed by atoms with E-state index in [2.05, 4.69) is 20.6 Å². The maximum atomic E-state index is 12.7. The van der Waals surface area contributed by atoms with Crippen LogP contribution in [0.5, 0.6) is 5.75 Å². The predicted molar refractivity (Wildman–Crippen MR) is 107 cm³/mol. The van der Waals surface area contributed by atoms with E-state index in [1.807, 2.05) is 50.2 Å². The molecule has 0 aliphatic heterocycles. The van der Waals surface area contributed by atoms with Gasteiger partial charge in [-0.15, -0.1) is 10.2 Å². The summed E-state index contributed by atoms with van der Waals surface area (Å²) in [6, 6.07) is 17.0. The molecular weight excluding hydrogens is 354 g/mol. The lowest BCUT2D eigenvalue weighted by Crippen LogP contribution is -2.18. The number of nitrogens with zero attached hydrogens (tertiary/aromatic N) is 4. The number of hydrogen-bond acceptors (Lipinski definition) is 5. The molecule has 7 nitrogen and oxygen atoms in total. The van der Waals surface area contributed by atoms with Crippen molar-refractivity contribution in [1.29, 1.82) is 0 Å². The van der Waals surface area contributed by atoms with Crippen molar-refractivity contribution in [1.82, 2.24) is 19.8 Å². The van der Waals surface area contributed by atoms with Gasteiger partial charge >= 0.3 is 0 Å². The Balaban J connectivity index is 1.73. The van der Waals surface area contributed by atoms with Crippen LogP contribution in [0.1, 0.15) is 21.9 Å². The van der Waals surface area contributed by atoms with Crippen LogP contribution in [0.4, 0.5) is 5.69 Å². The van der Waals surface area contributed by atoms with Crippen LogP contribution < -0.4 is 10.1 Å². The van der Waals surface area contributed by atoms with Crippen LogP contribution in [0.15, 0.2) is 54.6 Å². The number of nitrogens with one attached hydrogen (secondary N) is 1. The molecule has 0 aliphatic rings. The highest BCUT2D eigenvalue weighted by molar-refractivity contribution is 6.03. The fourth-order valence-corrected chi connectivity index (χ4v) is 3.15. The molecule has 0 fully saturated rings. The monoisotopic (exact) mass is 373 g/mol. The van der Waals surface area contributed by atoms with Crippen LogP contribution in [0.25, 0.3) is 16.8 Å². The minimum atomic E-state index is -0.352. The number of amides is 1. The molecule has 0 saturated heterocycles. The molecule has 28 heavy (non-hydrogen) atoms. The van der Waals surface area contributed by atoms with E-state index in [0.29, 0.717) is 22.8 Å². The van der Waals surface area contributed by atoms with Gasteiger partial charge in [-0.1, -0.05) is 36.4 Å². The molecule has 2 aromatic carbocycles.